The molecule has 0 saturated carbocycles. The number of carbonyl (C=O) groups excluding carboxylic acids is 1. The second-order valence-corrected chi connectivity index (χ2v) is 1.76. The van der Waals surface area contributed by atoms with Crippen LogP contribution in [-0.2, 0) is 4.79 Å². The highest BCUT2D eigenvalue weighted by molar-refractivity contribution is 5.72. The average molecular weight is 124 g/mol. The van der Waals surface area contributed by atoms with Crippen molar-refractivity contribution in [1.29, 1.82) is 0 Å². The van der Waals surface area contributed by atoms with Gasteiger partial charge in [0.1, 0.15) is 0 Å². The Morgan fingerprint density at radius 1 is 1.67 bits per heavy atom. The predicted molar refractivity (Wildman–Crippen MR) is 38.5 cm³/mol. The van der Waals surface area contributed by atoms with Gasteiger partial charge in [0.05, 0.1) is 0 Å². The van der Waals surface area contributed by atoms with Gasteiger partial charge in [0, 0.05) is 6.54 Å². The highest BCUT2D eigenvalue weighted by Crippen LogP contribution is 1.97. The van der Waals surface area contributed by atoms with Crippen molar-refractivity contribution in [2.24, 2.45) is 4.99 Å². The van der Waals surface area contributed by atoms with E-state index >= 15 is 0 Å². The first kappa shape index (κ1) is 8.08. The van der Waals surface area contributed by atoms with E-state index in [0.717, 1.165) is 6.42 Å². The summed E-state index contributed by atoms with van der Waals surface area (Å²) in [5.74, 6) is 0. The summed E-state index contributed by atoms with van der Waals surface area (Å²) >= 11 is 0. The molecule has 0 N–H and O–H groups in total. The molecule has 0 unspecified atom stereocenters. The van der Waals surface area contributed by atoms with Crippen LogP contribution in [0.15, 0.2) is 17.1 Å². The lowest BCUT2D eigenvalue weighted by Crippen LogP contribution is -1.84. The first-order valence-electron chi connectivity index (χ1n) is 2.79. The van der Waals surface area contributed by atoms with E-state index in [4.69, 9.17) is 0 Å². The molecule has 9 heavy (non-hydrogen) atoms. The van der Waals surface area contributed by atoms with Gasteiger partial charge in [-0.15, -0.1) is 0 Å². The Labute approximate surface area is 55.3 Å². The van der Waals surface area contributed by atoms with Crippen LogP contribution in [0.2, 0.25) is 0 Å². The number of aliphatic imine (C=N–C) groups is 1. The summed E-state index contributed by atoms with van der Waals surface area (Å²) < 4.78 is 0. The molecule has 2 heteroatoms. The first-order chi connectivity index (χ1) is 4.31. The Bertz CT molecular complexity index is 118. The zero-order valence-corrected chi connectivity index (χ0v) is 5.39. The van der Waals surface area contributed by atoms with Crippen LogP contribution in [0.4, 0.5) is 0 Å². The van der Waals surface area contributed by atoms with E-state index in [1.54, 1.807) is 6.29 Å². The Morgan fingerprint density at radius 3 is 2.78 bits per heavy atom. The van der Waals surface area contributed by atoms with Gasteiger partial charge in [-0.1, -0.05) is 6.58 Å². The van der Waals surface area contributed by atoms with Crippen molar-refractivity contribution < 1.29 is 4.79 Å². The van der Waals surface area contributed by atoms with E-state index in [9.17, 15) is 4.79 Å². The molecular formula is C7H10NO. The third-order valence-corrected chi connectivity index (χ3v) is 0.939. The highest BCUT2D eigenvalue weighted by atomic mass is 16.1. The van der Waals surface area contributed by atoms with Crippen molar-refractivity contribution >= 4 is 13.0 Å². The van der Waals surface area contributed by atoms with Crippen molar-refractivity contribution in [3.63, 3.8) is 0 Å². The summed E-state index contributed by atoms with van der Waals surface area (Å²) in [5, 5.41) is 0. The maximum atomic E-state index is 9.83. The summed E-state index contributed by atoms with van der Waals surface area (Å²) in [7, 11) is 0. The third kappa shape index (κ3) is 4.94. The van der Waals surface area contributed by atoms with Gasteiger partial charge in [-0.25, -0.2) is 0 Å². The van der Waals surface area contributed by atoms with Crippen LogP contribution < -0.4 is 0 Å². The molecule has 0 aromatic heterocycles. The molecule has 0 bridgehead atoms. The Morgan fingerprint density at radius 2 is 2.33 bits per heavy atom. The zero-order valence-electron chi connectivity index (χ0n) is 5.39. The van der Waals surface area contributed by atoms with Crippen molar-refractivity contribution in [2.75, 3.05) is 6.54 Å². The minimum atomic E-state index is 0.513. The standard InChI is InChI=1S/C7H10NO/c1-7(6-9)4-3-5-8-2/h1-5H2. The molecule has 0 rings (SSSR count). The molecule has 0 saturated heterocycles. The number of hydrogen-bond acceptors (Lipinski definition) is 2. The average Bonchev–Trinajstić information content (AvgIpc) is 1.89. The van der Waals surface area contributed by atoms with Crippen molar-refractivity contribution in [3.8, 4) is 0 Å². The molecule has 49 valence electrons. The molecule has 0 aliphatic rings. The highest BCUT2D eigenvalue weighted by Gasteiger charge is 1.89. The molecule has 0 aromatic rings. The van der Waals surface area contributed by atoms with Crippen LogP contribution in [0.1, 0.15) is 12.8 Å². The van der Waals surface area contributed by atoms with Crippen molar-refractivity contribution in [1.82, 2.24) is 0 Å². The number of rotatable bonds is 5. The number of allylic oxidation sites excluding steroid dienone is 1. The van der Waals surface area contributed by atoms with Gasteiger partial charge in [0.15, 0.2) is 0 Å². The first-order valence-corrected chi connectivity index (χ1v) is 2.79. The fourth-order valence-electron chi connectivity index (χ4n) is 0.455. The summed E-state index contributed by atoms with van der Waals surface area (Å²) in [6.45, 7) is 7.46. The molecule has 0 aliphatic carbocycles. The zero-order chi connectivity index (χ0) is 7.11. The molecule has 0 spiro atoms. The topological polar surface area (TPSA) is 29.4 Å². The maximum Gasteiger partial charge on any atom is 0.228 e. The molecule has 0 heterocycles. The van der Waals surface area contributed by atoms with Gasteiger partial charge in [-0.3, -0.25) is 4.79 Å². The molecule has 0 aliphatic heterocycles. The molecule has 2 nitrogen and oxygen atoms in total. The van der Waals surface area contributed by atoms with Gasteiger partial charge in [0.2, 0.25) is 6.29 Å². The normalized spacial score (nSPS) is 8.44. The van der Waals surface area contributed by atoms with E-state index in [0.29, 0.717) is 18.5 Å². The van der Waals surface area contributed by atoms with Gasteiger partial charge < -0.3 is 4.99 Å². The smallest absolute Gasteiger partial charge is 0.228 e. The van der Waals surface area contributed by atoms with Crippen LogP contribution >= 0.6 is 0 Å². The second kappa shape index (κ2) is 5.22. The molecular weight excluding hydrogens is 114 g/mol. The van der Waals surface area contributed by atoms with E-state index in [1.807, 2.05) is 0 Å². The van der Waals surface area contributed by atoms with Crippen LogP contribution in [0, 0.1) is 0 Å². The Hall–Kier alpha value is -0.920. The Balaban J connectivity index is 3.16. The van der Waals surface area contributed by atoms with Crippen LogP contribution in [-0.4, -0.2) is 19.5 Å². The minimum Gasteiger partial charge on any atom is -0.301 e. The Kier molecular flexibility index (Phi) is 4.69. The van der Waals surface area contributed by atoms with Gasteiger partial charge in [-0.2, -0.15) is 0 Å². The number of hydrogen-bond donors (Lipinski definition) is 0. The monoisotopic (exact) mass is 124 g/mol. The number of nitrogens with zero attached hydrogens (tertiary/aromatic N) is 1. The van der Waals surface area contributed by atoms with E-state index in [-0.39, 0.29) is 0 Å². The minimum absolute atomic E-state index is 0.513. The third-order valence-electron chi connectivity index (χ3n) is 0.939. The quantitative estimate of drug-likeness (QED) is 0.307. The summed E-state index contributed by atoms with van der Waals surface area (Å²) in [6.07, 6.45) is 3.25. The van der Waals surface area contributed by atoms with Gasteiger partial charge in [-0.05, 0) is 25.1 Å². The molecule has 0 fully saturated rings. The van der Waals surface area contributed by atoms with E-state index in [1.165, 1.54) is 0 Å². The van der Waals surface area contributed by atoms with Crippen molar-refractivity contribution in [2.45, 2.75) is 12.8 Å². The fraction of sp³-hybridized carbons (Fsp3) is 0.429. The lowest BCUT2D eigenvalue weighted by molar-refractivity contribution is 0.559. The van der Waals surface area contributed by atoms with E-state index < -0.39 is 0 Å². The summed E-state index contributed by atoms with van der Waals surface area (Å²) in [5.41, 5.74) is 0.513. The van der Waals surface area contributed by atoms with Gasteiger partial charge in [0.25, 0.3) is 0 Å². The fourth-order valence-corrected chi connectivity index (χ4v) is 0.455. The molecule has 0 atom stereocenters. The SMILES string of the molecule is C=NCCCC(=C)[C]=O. The van der Waals surface area contributed by atoms with Crippen molar-refractivity contribution in [3.05, 3.63) is 12.2 Å². The summed E-state index contributed by atoms with van der Waals surface area (Å²) in [4.78, 5) is 13.4. The maximum absolute atomic E-state index is 9.83. The van der Waals surface area contributed by atoms with Crippen LogP contribution in [0.3, 0.4) is 0 Å². The molecule has 0 amide bonds. The van der Waals surface area contributed by atoms with Gasteiger partial charge >= 0.3 is 0 Å². The molecule has 1 radical (unpaired) electrons. The lowest BCUT2D eigenvalue weighted by atomic mass is 10.2. The van der Waals surface area contributed by atoms with Crippen LogP contribution in [0.5, 0.6) is 0 Å². The lowest BCUT2D eigenvalue weighted by Gasteiger charge is -1.91. The largest absolute Gasteiger partial charge is 0.301 e. The molecule has 0 aromatic carbocycles. The predicted octanol–water partition coefficient (Wildman–Crippen LogP) is 1.13. The van der Waals surface area contributed by atoms with E-state index in [2.05, 4.69) is 18.3 Å². The van der Waals surface area contributed by atoms with Crippen LogP contribution in [0.25, 0.3) is 0 Å². The summed E-state index contributed by atoms with van der Waals surface area (Å²) in [6, 6.07) is 0. The second-order valence-electron chi connectivity index (χ2n) is 1.76.